The molecule has 0 bridgehead atoms. The Hall–Kier alpha value is -3.33. The maximum absolute atomic E-state index is 13.3. The van der Waals surface area contributed by atoms with Gasteiger partial charge in [0.25, 0.3) is 0 Å². The van der Waals surface area contributed by atoms with Gasteiger partial charge in [0.1, 0.15) is 6.17 Å². The number of benzene rings is 1. The SMILES string of the molecule is CN(C)C=O.CN=C(/C=C\n1cccn1)c1ccc(C[C@H](N)C(=O)N2CC[C@@H](F)C2)cc1. The van der Waals surface area contributed by atoms with Crippen molar-refractivity contribution in [3.05, 3.63) is 59.9 Å². The summed E-state index contributed by atoms with van der Waals surface area (Å²) in [6.07, 6.45) is 7.92. The number of halogens is 1. The molecule has 3 rings (SSSR count). The van der Waals surface area contributed by atoms with Gasteiger partial charge in [-0.3, -0.25) is 14.6 Å². The van der Waals surface area contributed by atoms with E-state index < -0.39 is 12.2 Å². The molecule has 1 fully saturated rings. The van der Waals surface area contributed by atoms with Crippen LogP contribution in [0.4, 0.5) is 4.39 Å². The first-order valence-electron chi connectivity index (χ1n) is 10.4. The summed E-state index contributed by atoms with van der Waals surface area (Å²) in [5, 5.41) is 4.12. The highest BCUT2D eigenvalue weighted by molar-refractivity contribution is 6.10. The number of aromatic nitrogens is 2. The predicted molar refractivity (Wildman–Crippen MR) is 124 cm³/mol. The fourth-order valence-electron chi connectivity index (χ4n) is 3.12. The van der Waals surface area contributed by atoms with E-state index in [9.17, 15) is 14.0 Å². The van der Waals surface area contributed by atoms with Crippen LogP contribution in [0.25, 0.3) is 6.20 Å². The zero-order chi connectivity index (χ0) is 23.5. The van der Waals surface area contributed by atoms with Crippen LogP contribution in [0.5, 0.6) is 0 Å². The lowest BCUT2D eigenvalue weighted by atomic mass is 10.0. The Morgan fingerprint density at radius 1 is 1.38 bits per heavy atom. The first kappa shape index (κ1) is 24.9. The maximum atomic E-state index is 13.3. The minimum absolute atomic E-state index is 0.157. The summed E-state index contributed by atoms with van der Waals surface area (Å²) in [5.41, 5.74) is 8.79. The molecular weight excluding hydrogens is 411 g/mol. The standard InChI is InChI=1S/C20H24FN5O.C3H7NO/c1-23-19(8-12-26-10-2-9-24-26)16-5-3-15(4-6-16)13-18(22)20(27)25-11-7-17(21)14-25;1-4(2)3-5/h2-6,8-10,12,17-18H,7,11,13-14,22H2,1H3;3H,1-2H3/b12-8-,23-19?;/t17-,18+;/m1./s1. The molecule has 0 saturated carbocycles. The van der Waals surface area contributed by atoms with Gasteiger partial charge in [0.15, 0.2) is 0 Å². The van der Waals surface area contributed by atoms with Crippen molar-refractivity contribution in [1.82, 2.24) is 19.6 Å². The average Bonchev–Trinajstić information content (AvgIpc) is 3.47. The monoisotopic (exact) mass is 442 g/mol. The Balaban J connectivity index is 0.000000654. The fraction of sp³-hybridized carbons (Fsp3) is 0.391. The second kappa shape index (κ2) is 12.5. The van der Waals surface area contributed by atoms with Crippen molar-refractivity contribution in [3.8, 4) is 0 Å². The van der Waals surface area contributed by atoms with Crippen LogP contribution in [0.15, 0.2) is 53.8 Å². The van der Waals surface area contributed by atoms with Crippen LogP contribution in [-0.2, 0) is 16.0 Å². The first-order chi connectivity index (χ1) is 15.3. The zero-order valence-corrected chi connectivity index (χ0v) is 18.8. The largest absolute Gasteiger partial charge is 0.351 e. The van der Waals surface area contributed by atoms with Gasteiger partial charge in [-0.2, -0.15) is 5.10 Å². The van der Waals surface area contributed by atoms with Gasteiger partial charge < -0.3 is 15.5 Å². The Bertz CT molecular complexity index is 909. The van der Waals surface area contributed by atoms with Crippen LogP contribution in [0.1, 0.15) is 17.5 Å². The van der Waals surface area contributed by atoms with Crippen molar-refractivity contribution in [3.63, 3.8) is 0 Å². The van der Waals surface area contributed by atoms with E-state index >= 15 is 0 Å². The summed E-state index contributed by atoms with van der Waals surface area (Å²) in [7, 11) is 5.11. The minimum atomic E-state index is -0.929. The summed E-state index contributed by atoms with van der Waals surface area (Å²) in [4.78, 5) is 29.0. The lowest BCUT2D eigenvalue weighted by Gasteiger charge is -2.20. The van der Waals surface area contributed by atoms with Crippen molar-refractivity contribution in [2.45, 2.75) is 25.1 Å². The lowest BCUT2D eigenvalue weighted by Crippen LogP contribution is -2.44. The second-order valence-corrected chi connectivity index (χ2v) is 7.66. The number of allylic oxidation sites excluding steroid dienone is 1. The van der Waals surface area contributed by atoms with Gasteiger partial charge >= 0.3 is 0 Å². The Morgan fingerprint density at radius 2 is 2.06 bits per heavy atom. The summed E-state index contributed by atoms with van der Waals surface area (Å²) in [6.45, 7) is 0.607. The highest BCUT2D eigenvalue weighted by Crippen LogP contribution is 2.15. The van der Waals surface area contributed by atoms with Gasteiger partial charge in [0.05, 0.1) is 18.3 Å². The predicted octanol–water partition coefficient (Wildman–Crippen LogP) is 1.62. The Morgan fingerprint density at radius 3 is 2.56 bits per heavy atom. The van der Waals surface area contributed by atoms with Crippen molar-refractivity contribution in [2.24, 2.45) is 10.7 Å². The minimum Gasteiger partial charge on any atom is -0.351 e. The Labute approximate surface area is 188 Å². The number of alkyl halides is 1. The zero-order valence-electron chi connectivity index (χ0n) is 18.8. The number of nitrogens with zero attached hydrogens (tertiary/aromatic N) is 5. The van der Waals surface area contributed by atoms with E-state index in [2.05, 4.69) is 10.1 Å². The third kappa shape index (κ3) is 7.73. The summed E-state index contributed by atoms with van der Waals surface area (Å²) in [5.74, 6) is -0.183. The number of likely N-dealkylation sites (tertiary alicyclic amines) is 1. The van der Waals surface area contributed by atoms with Crippen molar-refractivity contribution in [2.75, 3.05) is 34.2 Å². The molecule has 9 heteroatoms. The highest BCUT2D eigenvalue weighted by Gasteiger charge is 2.29. The number of hydrogen-bond donors (Lipinski definition) is 1. The molecule has 172 valence electrons. The van der Waals surface area contributed by atoms with Gasteiger partial charge in [0.2, 0.25) is 12.3 Å². The quantitative estimate of drug-likeness (QED) is 0.521. The van der Waals surface area contributed by atoms with Crippen molar-refractivity contribution in [1.29, 1.82) is 0 Å². The molecule has 8 nitrogen and oxygen atoms in total. The molecular formula is C23H31FN6O2. The number of nitrogens with two attached hydrogens (primary N) is 1. The number of aliphatic imine (C=N–C) groups is 1. The molecule has 1 aliphatic rings. The van der Waals surface area contributed by atoms with Crippen molar-refractivity contribution >= 4 is 24.2 Å². The molecule has 32 heavy (non-hydrogen) atoms. The Kier molecular flexibility index (Phi) is 9.75. The molecule has 0 aliphatic carbocycles. The van der Waals surface area contributed by atoms with E-state index in [4.69, 9.17) is 5.73 Å². The smallest absolute Gasteiger partial charge is 0.239 e. The number of hydrogen-bond acceptors (Lipinski definition) is 5. The molecule has 2 heterocycles. The highest BCUT2D eigenvalue weighted by atomic mass is 19.1. The second-order valence-electron chi connectivity index (χ2n) is 7.66. The average molecular weight is 443 g/mol. The first-order valence-corrected chi connectivity index (χ1v) is 10.4. The van der Waals surface area contributed by atoms with Crippen LogP contribution >= 0.6 is 0 Å². The number of rotatable bonds is 7. The van der Waals surface area contributed by atoms with Crippen LogP contribution in [-0.4, -0.2) is 84.1 Å². The number of amides is 2. The van der Waals surface area contributed by atoms with E-state index in [1.807, 2.05) is 48.8 Å². The van der Waals surface area contributed by atoms with Gasteiger partial charge in [0, 0.05) is 46.3 Å². The topological polar surface area (TPSA) is 96.8 Å². The van der Waals surface area contributed by atoms with Crippen LogP contribution in [0.2, 0.25) is 0 Å². The van der Waals surface area contributed by atoms with E-state index in [1.54, 1.807) is 32.0 Å². The maximum Gasteiger partial charge on any atom is 0.239 e. The third-order valence-electron chi connectivity index (χ3n) is 4.83. The summed E-state index contributed by atoms with van der Waals surface area (Å²) >= 11 is 0. The molecule has 2 N–H and O–H groups in total. The van der Waals surface area contributed by atoms with Crippen LogP contribution in [0.3, 0.4) is 0 Å². The van der Waals surface area contributed by atoms with E-state index in [-0.39, 0.29) is 12.5 Å². The summed E-state index contributed by atoms with van der Waals surface area (Å²) < 4.78 is 15.0. The number of carbonyl (C=O) groups excluding carboxylic acids is 2. The molecule has 2 amide bonds. The fourth-order valence-corrected chi connectivity index (χ4v) is 3.12. The van der Waals surface area contributed by atoms with Gasteiger partial charge in [-0.05, 0) is 36.1 Å². The molecule has 1 aliphatic heterocycles. The molecule has 2 aromatic rings. The lowest BCUT2D eigenvalue weighted by molar-refractivity contribution is -0.131. The van der Waals surface area contributed by atoms with Crippen molar-refractivity contribution < 1.29 is 14.0 Å². The molecule has 1 aromatic heterocycles. The van der Waals surface area contributed by atoms with Crippen LogP contribution in [0, 0.1) is 0 Å². The molecule has 0 unspecified atom stereocenters. The van der Waals surface area contributed by atoms with E-state index in [1.165, 1.54) is 9.80 Å². The van der Waals surface area contributed by atoms with Gasteiger partial charge in [-0.1, -0.05) is 24.3 Å². The van der Waals surface area contributed by atoms with Crippen LogP contribution < -0.4 is 5.73 Å². The third-order valence-corrected chi connectivity index (χ3v) is 4.83. The molecule has 1 aromatic carbocycles. The van der Waals surface area contributed by atoms with Gasteiger partial charge in [-0.25, -0.2) is 9.07 Å². The summed E-state index contributed by atoms with van der Waals surface area (Å²) in [6, 6.07) is 8.99. The molecule has 1 saturated heterocycles. The number of carbonyl (C=O) groups is 2. The van der Waals surface area contributed by atoms with E-state index in [0.29, 0.717) is 19.4 Å². The molecule has 2 atom stereocenters. The van der Waals surface area contributed by atoms with E-state index in [0.717, 1.165) is 23.2 Å². The normalized spacial score (nSPS) is 17.1. The molecule has 0 radical (unpaired) electrons. The van der Waals surface area contributed by atoms with Gasteiger partial charge in [-0.15, -0.1) is 0 Å². The molecule has 0 spiro atoms.